The van der Waals surface area contributed by atoms with E-state index in [1.54, 1.807) is 6.07 Å². The van der Waals surface area contributed by atoms with Crippen LogP contribution in [0.3, 0.4) is 0 Å². The minimum absolute atomic E-state index is 0.0130. The number of nitrogens with zero attached hydrogens (tertiary/aromatic N) is 1. The Labute approximate surface area is 120 Å². The van der Waals surface area contributed by atoms with E-state index in [1.807, 2.05) is 6.07 Å². The van der Waals surface area contributed by atoms with Gasteiger partial charge in [0.1, 0.15) is 4.90 Å². The topological polar surface area (TPSA) is 89.4 Å². The molecule has 0 unspecified atom stereocenters. The zero-order chi connectivity index (χ0) is 14.3. The van der Waals surface area contributed by atoms with Crippen LogP contribution in [0.5, 0.6) is 0 Å². The molecule has 20 heavy (non-hydrogen) atoms. The van der Waals surface area contributed by atoms with Gasteiger partial charge in [0.05, 0.1) is 5.69 Å². The molecule has 110 valence electrons. The van der Waals surface area contributed by atoms with E-state index >= 15 is 0 Å². The van der Waals surface area contributed by atoms with E-state index in [-0.39, 0.29) is 10.6 Å². The zero-order valence-corrected chi connectivity index (χ0v) is 12.3. The van der Waals surface area contributed by atoms with Crippen LogP contribution in [-0.4, -0.2) is 21.5 Å². The molecule has 1 aromatic rings. The van der Waals surface area contributed by atoms with Gasteiger partial charge in [-0.3, -0.25) is 0 Å². The number of hydrogen-bond acceptors (Lipinski definition) is 4. The van der Waals surface area contributed by atoms with Gasteiger partial charge in [-0.25, -0.2) is 13.6 Å². The Morgan fingerprint density at radius 3 is 2.05 bits per heavy atom. The van der Waals surface area contributed by atoms with Gasteiger partial charge >= 0.3 is 0 Å². The highest BCUT2D eigenvalue weighted by Gasteiger charge is 2.29. The Hall–Kier alpha value is -1.27. The van der Waals surface area contributed by atoms with E-state index in [0.29, 0.717) is 0 Å². The SMILES string of the molecule is Nc1cc(N(CC2CC2)CC2CC2)ccc1S(N)(=O)=O. The van der Waals surface area contributed by atoms with Crippen LogP contribution in [-0.2, 0) is 10.0 Å². The molecule has 2 aliphatic rings. The number of rotatable bonds is 6. The van der Waals surface area contributed by atoms with Crippen molar-refractivity contribution >= 4 is 21.4 Å². The van der Waals surface area contributed by atoms with Crippen LogP contribution in [0.2, 0.25) is 0 Å². The second-order valence-electron chi connectivity index (χ2n) is 6.06. The summed E-state index contributed by atoms with van der Waals surface area (Å²) in [7, 11) is -3.74. The van der Waals surface area contributed by atoms with Gasteiger partial charge in [0, 0.05) is 18.8 Å². The van der Waals surface area contributed by atoms with Gasteiger partial charge in [-0.2, -0.15) is 0 Å². The molecule has 0 amide bonds. The van der Waals surface area contributed by atoms with Crippen molar-refractivity contribution in [2.24, 2.45) is 17.0 Å². The summed E-state index contributed by atoms with van der Waals surface area (Å²) in [5, 5.41) is 5.14. The number of primary sulfonamides is 1. The van der Waals surface area contributed by atoms with E-state index in [0.717, 1.165) is 30.6 Å². The number of nitrogen functional groups attached to an aromatic ring is 1. The lowest BCUT2D eigenvalue weighted by Gasteiger charge is -2.25. The quantitative estimate of drug-likeness (QED) is 0.779. The number of nitrogens with two attached hydrogens (primary N) is 2. The lowest BCUT2D eigenvalue weighted by molar-refractivity contribution is 0.598. The van der Waals surface area contributed by atoms with Crippen molar-refractivity contribution in [1.29, 1.82) is 0 Å². The Morgan fingerprint density at radius 1 is 1.10 bits per heavy atom. The molecule has 2 fully saturated rings. The van der Waals surface area contributed by atoms with Gasteiger partial charge in [0.2, 0.25) is 10.0 Å². The van der Waals surface area contributed by atoms with Crippen LogP contribution in [0.1, 0.15) is 25.7 Å². The Morgan fingerprint density at radius 2 is 1.65 bits per heavy atom. The zero-order valence-electron chi connectivity index (χ0n) is 11.5. The summed E-state index contributed by atoms with van der Waals surface area (Å²) in [4.78, 5) is 2.36. The number of sulfonamides is 1. The third-order valence-corrected chi connectivity index (χ3v) is 5.00. The average molecular weight is 295 g/mol. The van der Waals surface area contributed by atoms with E-state index < -0.39 is 10.0 Å². The largest absolute Gasteiger partial charge is 0.398 e. The van der Waals surface area contributed by atoms with Crippen molar-refractivity contribution in [1.82, 2.24) is 0 Å². The molecule has 0 saturated heterocycles. The van der Waals surface area contributed by atoms with Crippen LogP contribution < -0.4 is 15.8 Å². The summed E-state index contributed by atoms with van der Waals surface area (Å²) in [5.74, 6) is 1.57. The maximum Gasteiger partial charge on any atom is 0.240 e. The predicted octanol–water partition coefficient (Wildman–Crippen LogP) is 1.54. The molecule has 2 saturated carbocycles. The summed E-state index contributed by atoms with van der Waals surface area (Å²) < 4.78 is 22.8. The maximum absolute atomic E-state index is 11.4. The number of hydrogen-bond donors (Lipinski definition) is 2. The molecule has 5 nitrogen and oxygen atoms in total. The number of benzene rings is 1. The van der Waals surface area contributed by atoms with E-state index in [9.17, 15) is 8.42 Å². The van der Waals surface area contributed by atoms with E-state index in [1.165, 1.54) is 31.7 Å². The normalized spacial score (nSPS) is 19.1. The Balaban J connectivity index is 1.84. The second-order valence-corrected chi connectivity index (χ2v) is 7.59. The first kappa shape index (κ1) is 13.7. The molecule has 0 atom stereocenters. The van der Waals surface area contributed by atoms with Crippen molar-refractivity contribution in [3.8, 4) is 0 Å². The molecule has 2 aliphatic carbocycles. The van der Waals surface area contributed by atoms with Crippen LogP contribution in [0, 0.1) is 11.8 Å². The molecule has 0 heterocycles. The summed E-state index contributed by atoms with van der Waals surface area (Å²) in [6, 6.07) is 5.08. The van der Waals surface area contributed by atoms with E-state index in [4.69, 9.17) is 10.9 Å². The minimum atomic E-state index is -3.74. The van der Waals surface area contributed by atoms with Crippen LogP contribution in [0.15, 0.2) is 23.1 Å². The van der Waals surface area contributed by atoms with Crippen LogP contribution in [0.4, 0.5) is 11.4 Å². The maximum atomic E-state index is 11.4. The third-order valence-electron chi connectivity index (χ3n) is 4.02. The fourth-order valence-electron chi connectivity index (χ4n) is 2.50. The van der Waals surface area contributed by atoms with Crippen molar-refractivity contribution in [2.45, 2.75) is 30.6 Å². The Bertz CT molecular complexity index is 593. The molecule has 0 aromatic heterocycles. The predicted molar refractivity (Wildman–Crippen MR) is 79.9 cm³/mol. The lowest BCUT2D eigenvalue weighted by Crippen LogP contribution is -2.28. The average Bonchev–Trinajstić information content (AvgIpc) is 3.21. The smallest absolute Gasteiger partial charge is 0.240 e. The highest BCUT2D eigenvalue weighted by molar-refractivity contribution is 7.89. The molecule has 1 aromatic carbocycles. The van der Waals surface area contributed by atoms with Gasteiger partial charge in [0.15, 0.2) is 0 Å². The molecule has 0 radical (unpaired) electrons. The van der Waals surface area contributed by atoms with Crippen LogP contribution in [0.25, 0.3) is 0 Å². The van der Waals surface area contributed by atoms with Crippen molar-refractivity contribution in [3.05, 3.63) is 18.2 Å². The van der Waals surface area contributed by atoms with Gasteiger partial charge in [-0.1, -0.05) is 0 Å². The number of anilines is 2. The first-order valence-electron chi connectivity index (χ1n) is 7.11. The fraction of sp³-hybridized carbons (Fsp3) is 0.571. The summed E-state index contributed by atoms with van der Waals surface area (Å²) >= 11 is 0. The van der Waals surface area contributed by atoms with Gasteiger partial charge in [0.25, 0.3) is 0 Å². The monoisotopic (exact) mass is 295 g/mol. The Kier molecular flexibility index (Phi) is 3.38. The standard InChI is InChI=1S/C14H21N3O2S/c15-13-7-12(5-6-14(13)20(16,18)19)17(8-10-1-2-10)9-11-3-4-11/h5-7,10-11H,1-4,8-9,15H2,(H2,16,18,19). The molecule has 4 N–H and O–H groups in total. The molecule has 6 heteroatoms. The van der Waals surface area contributed by atoms with E-state index in [2.05, 4.69) is 4.90 Å². The molecular formula is C14H21N3O2S. The van der Waals surface area contributed by atoms with Crippen LogP contribution >= 0.6 is 0 Å². The highest BCUT2D eigenvalue weighted by atomic mass is 32.2. The summed E-state index contributed by atoms with van der Waals surface area (Å²) in [6.45, 7) is 2.09. The minimum Gasteiger partial charge on any atom is -0.398 e. The van der Waals surface area contributed by atoms with Gasteiger partial charge in [-0.15, -0.1) is 0 Å². The molecular weight excluding hydrogens is 274 g/mol. The third kappa shape index (κ3) is 3.24. The van der Waals surface area contributed by atoms with Crippen molar-refractivity contribution < 1.29 is 8.42 Å². The first-order valence-corrected chi connectivity index (χ1v) is 8.65. The highest BCUT2D eigenvalue weighted by Crippen LogP contribution is 2.36. The lowest BCUT2D eigenvalue weighted by atomic mass is 10.2. The van der Waals surface area contributed by atoms with Gasteiger partial charge < -0.3 is 10.6 Å². The molecule has 0 bridgehead atoms. The second kappa shape index (κ2) is 4.93. The van der Waals surface area contributed by atoms with Crippen molar-refractivity contribution in [2.75, 3.05) is 23.7 Å². The molecule has 0 spiro atoms. The first-order chi connectivity index (χ1) is 9.43. The molecule has 3 rings (SSSR count). The van der Waals surface area contributed by atoms with Crippen molar-refractivity contribution in [3.63, 3.8) is 0 Å². The van der Waals surface area contributed by atoms with Gasteiger partial charge in [-0.05, 0) is 55.7 Å². The molecule has 0 aliphatic heterocycles. The fourth-order valence-corrected chi connectivity index (χ4v) is 3.15. The summed E-state index contributed by atoms with van der Waals surface area (Å²) in [6.07, 6.45) is 5.19. The summed E-state index contributed by atoms with van der Waals surface area (Å²) in [5.41, 5.74) is 7.10.